The number of aliphatic imine (C=N–C) groups is 1. The van der Waals surface area contributed by atoms with E-state index >= 15 is 0 Å². The van der Waals surface area contributed by atoms with Crippen molar-refractivity contribution in [3.8, 4) is 0 Å². The van der Waals surface area contributed by atoms with E-state index in [1.54, 1.807) is 0 Å². The first-order chi connectivity index (χ1) is 14.6. The minimum atomic E-state index is 0.212. The largest absolute Gasteiger partial charge is 0.376 e. The molecule has 1 aromatic rings. The van der Waals surface area contributed by atoms with Gasteiger partial charge < -0.3 is 24.6 Å². The second-order valence-corrected chi connectivity index (χ2v) is 8.63. The average molecular weight is 421 g/mol. The zero-order chi connectivity index (χ0) is 21.3. The van der Waals surface area contributed by atoms with Crippen LogP contribution in [0, 0.1) is 0 Å². The molecule has 3 heterocycles. The zero-order valence-corrected chi connectivity index (χ0v) is 19.2. The molecule has 30 heavy (non-hydrogen) atoms. The molecule has 2 aliphatic heterocycles. The maximum absolute atomic E-state index is 6.17. The lowest BCUT2D eigenvalue weighted by Crippen LogP contribution is -2.47. The highest BCUT2D eigenvalue weighted by molar-refractivity contribution is 5.80. The molecule has 2 fully saturated rings. The molecule has 1 N–H and O–H groups in total. The monoisotopic (exact) mass is 420 g/mol. The maximum atomic E-state index is 6.17. The van der Waals surface area contributed by atoms with Crippen LogP contribution in [0.3, 0.4) is 0 Å². The third kappa shape index (κ3) is 6.68. The van der Waals surface area contributed by atoms with Gasteiger partial charge in [-0.15, -0.1) is 0 Å². The first-order valence-corrected chi connectivity index (χ1v) is 11.5. The van der Waals surface area contributed by atoms with E-state index in [0.717, 1.165) is 58.1 Å². The van der Waals surface area contributed by atoms with Crippen molar-refractivity contribution >= 4 is 5.96 Å². The highest BCUT2D eigenvalue weighted by atomic mass is 16.5. The van der Waals surface area contributed by atoms with Crippen molar-refractivity contribution in [3.63, 3.8) is 0 Å². The molecule has 0 spiro atoms. The lowest BCUT2D eigenvalue weighted by molar-refractivity contribution is -0.0721. The Kier molecular flexibility index (Phi) is 8.96. The number of ether oxygens (including phenoxy) is 2. The minimum Gasteiger partial charge on any atom is -0.376 e. The number of likely N-dealkylation sites (tertiary alicyclic amines) is 1. The van der Waals surface area contributed by atoms with Crippen molar-refractivity contribution in [2.45, 2.75) is 57.3 Å². The van der Waals surface area contributed by atoms with Crippen molar-refractivity contribution in [3.05, 3.63) is 18.0 Å². The van der Waals surface area contributed by atoms with E-state index in [2.05, 4.69) is 47.4 Å². The molecule has 170 valence electrons. The van der Waals surface area contributed by atoms with Gasteiger partial charge in [0.1, 0.15) is 0 Å². The van der Waals surface area contributed by atoms with Crippen LogP contribution in [0.4, 0.5) is 0 Å². The van der Waals surface area contributed by atoms with E-state index in [1.165, 1.54) is 18.4 Å². The zero-order valence-electron chi connectivity index (χ0n) is 19.2. The molecule has 0 saturated carbocycles. The number of guanidine groups is 1. The van der Waals surface area contributed by atoms with Gasteiger partial charge in [0, 0.05) is 45.0 Å². The van der Waals surface area contributed by atoms with Crippen LogP contribution in [0.15, 0.2) is 17.4 Å². The third-order valence-corrected chi connectivity index (χ3v) is 6.02. The van der Waals surface area contributed by atoms with Gasteiger partial charge in [-0.05, 0) is 53.1 Å². The van der Waals surface area contributed by atoms with Gasteiger partial charge >= 0.3 is 0 Å². The second-order valence-electron chi connectivity index (χ2n) is 8.63. The Morgan fingerprint density at radius 1 is 1.33 bits per heavy atom. The molecular formula is C22H40N6O2. The number of nitrogens with one attached hydrogen (secondary N) is 1. The molecular weight excluding hydrogens is 380 g/mol. The normalized spacial score (nSPS) is 22.5. The van der Waals surface area contributed by atoms with Gasteiger partial charge in [0.25, 0.3) is 0 Å². The number of piperidine rings is 1. The number of rotatable bonds is 8. The molecule has 0 amide bonds. The van der Waals surface area contributed by atoms with Crippen molar-refractivity contribution in [1.29, 1.82) is 0 Å². The lowest BCUT2D eigenvalue weighted by atomic mass is 10.1. The maximum Gasteiger partial charge on any atom is 0.193 e. The predicted molar refractivity (Wildman–Crippen MR) is 120 cm³/mol. The van der Waals surface area contributed by atoms with E-state index < -0.39 is 0 Å². The van der Waals surface area contributed by atoms with Crippen LogP contribution < -0.4 is 5.32 Å². The van der Waals surface area contributed by atoms with Gasteiger partial charge in [0.05, 0.1) is 37.6 Å². The first kappa shape index (κ1) is 23.0. The van der Waals surface area contributed by atoms with E-state index in [1.807, 2.05) is 17.9 Å². The van der Waals surface area contributed by atoms with E-state index in [9.17, 15) is 0 Å². The van der Waals surface area contributed by atoms with Gasteiger partial charge in [-0.3, -0.25) is 9.67 Å². The molecule has 0 bridgehead atoms. The van der Waals surface area contributed by atoms with Gasteiger partial charge in [-0.25, -0.2) is 0 Å². The van der Waals surface area contributed by atoms with Crippen LogP contribution in [0.2, 0.25) is 0 Å². The Labute approximate surface area is 181 Å². The summed E-state index contributed by atoms with van der Waals surface area (Å²) in [5.41, 5.74) is 1.19. The van der Waals surface area contributed by atoms with Gasteiger partial charge in [-0.2, -0.15) is 5.10 Å². The van der Waals surface area contributed by atoms with Crippen LogP contribution in [0.5, 0.6) is 0 Å². The standard InChI is InChI=1S/C22H40N6O2/c1-5-23-22(24-15-21(26(2)3)18-14-25-27(4)16-18)28-11-9-19(10-12-28)30-17-20-8-6-7-13-29-20/h14,16,19-21H,5-13,15,17H2,1-4H3,(H,23,24). The molecule has 2 aliphatic rings. The minimum absolute atomic E-state index is 0.212. The number of hydrogen-bond donors (Lipinski definition) is 1. The van der Waals surface area contributed by atoms with E-state index in [4.69, 9.17) is 14.5 Å². The van der Waals surface area contributed by atoms with Crippen LogP contribution >= 0.6 is 0 Å². The number of aromatic nitrogens is 2. The van der Waals surface area contributed by atoms with E-state index in [-0.39, 0.29) is 6.04 Å². The Hall–Kier alpha value is -1.64. The van der Waals surface area contributed by atoms with Crippen molar-refractivity contribution in [2.75, 3.05) is 53.5 Å². The molecule has 2 atom stereocenters. The number of likely N-dealkylation sites (N-methyl/N-ethyl adjacent to an activating group) is 1. The molecule has 0 radical (unpaired) electrons. The topological polar surface area (TPSA) is 67.2 Å². The quantitative estimate of drug-likeness (QED) is 0.513. The summed E-state index contributed by atoms with van der Waals surface area (Å²) in [5.74, 6) is 1.00. The van der Waals surface area contributed by atoms with Crippen molar-refractivity contribution in [2.24, 2.45) is 12.0 Å². The van der Waals surface area contributed by atoms with Crippen molar-refractivity contribution < 1.29 is 9.47 Å². The second kappa shape index (κ2) is 11.7. The third-order valence-electron chi connectivity index (χ3n) is 6.02. The van der Waals surface area contributed by atoms with Crippen LogP contribution in [0.1, 0.15) is 50.6 Å². The Balaban J connectivity index is 1.51. The highest BCUT2D eigenvalue weighted by Gasteiger charge is 2.24. The molecule has 2 saturated heterocycles. The number of aryl methyl sites for hydroxylation is 1. The summed E-state index contributed by atoms with van der Waals surface area (Å²) in [7, 11) is 6.15. The molecule has 8 nitrogen and oxygen atoms in total. The summed E-state index contributed by atoms with van der Waals surface area (Å²) < 4.78 is 13.8. The van der Waals surface area contributed by atoms with Gasteiger partial charge in [0.2, 0.25) is 0 Å². The summed E-state index contributed by atoms with van der Waals surface area (Å²) in [6.07, 6.45) is 10.3. The molecule has 1 aromatic heterocycles. The summed E-state index contributed by atoms with van der Waals surface area (Å²) in [5, 5.41) is 7.80. The summed E-state index contributed by atoms with van der Waals surface area (Å²) in [6.45, 7) is 7.28. The predicted octanol–water partition coefficient (Wildman–Crippen LogP) is 2.04. The Bertz CT molecular complexity index is 648. The molecule has 0 aliphatic carbocycles. The van der Waals surface area contributed by atoms with Gasteiger partial charge in [0.15, 0.2) is 5.96 Å². The van der Waals surface area contributed by atoms with Crippen molar-refractivity contribution in [1.82, 2.24) is 24.9 Å². The summed E-state index contributed by atoms with van der Waals surface area (Å²) >= 11 is 0. The van der Waals surface area contributed by atoms with Crippen LogP contribution in [0.25, 0.3) is 0 Å². The number of nitrogens with zero attached hydrogens (tertiary/aromatic N) is 5. The lowest BCUT2D eigenvalue weighted by Gasteiger charge is -2.35. The summed E-state index contributed by atoms with van der Waals surface area (Å²) in [6, 6.07) is 0.212. The molecule has 0 aromatic carbocycles. The highest BCUT2D eigenvalue weighted by Crippen LogP contribution is 2.20. The summed E-state index contributed by atoms with van der Waals surface area (Å²) in [4.78, 5) is 9.56. The fourth-order valence-electron chi connectivity index (χ4n) is 4.19. The van der Waals surface area contributed by atoms with Crippen LogP contribution in [-0.4, -0.2) is 91.2 Å². The Morgan fingerprint density at radius 2 is 2.13 bits per heavy atom. The Morgan fingerprint density at radius 3 is 2.73 bits per heavy atom. The molecule has 8 heteroatoms. The first-order valence-electron chi connectivity index (χ1n) is 11.5. The fourth-order valence-corrected chi connectivity index (χ4v) is 4.19. The average Bonchev–Trinajstić information content (AvgIpc) is 3.18. The smallest absolute Gasteiger partial charge is 0.193 e. The van der Waals surface area contributed by atoms with Crippen LogP contribution in [-0.2, 0) is 16.5 Å². The van der Waals surface area contributed by atoms with Gasteiger partial charge in [-0.1, -0.05) is 0 Å². The molecule has 3 rings (SSSR count). The molecule has 2 unspecified atom stereocenters. The fraction of sp³-hybridized carbons (Fsp3) is 0.818. The number of hydrogen-bond acceptors (Lipinski definition) is 5. The SMILES string of the molecule is CCNC(=NCC(c1cnn(C)c1)N(C)C)N1CCC(OCC2CCCCO2)CC1. The van der Waals surface area contributed by atoms with E-state index in [0.29, 0.717) is 18.8 Å².